The third kappa shape index (κ3) is 3.23. The number of Topliss-reactive ketones (excluding diaryl/α,β-unsaturated/α-hetero) is 1. The molecular formula is C14H18O2. The normalized spacial score (nSPS) is 12.1. The minimum absolute atomic E-state index is 0.0831. The summed E-state index contributed by atoms with van der Waals surface area (Å²) >= 11 is 0. The molecule has 0 unspecified atom stereocenters. The number of ketones is 1. The predicted molar refractivity (Wildman–Crippen MR) is 65.6 cm³/mol. The molecule has 0 radical (unpaired) electrons. The predicted octanol–water partition coefficient (Wildman–Crippen LogP) is 3.42. The highest BCUT2D eigenvalue weighted by Crippen LogP contribution is 2.29. The fourth-order valence-corrected chi connectivity index (χ4v) is 1.75. The van der Waals surface area contributed by atoms with Crippen molar-refractivity contribution < 1.29 is 9.90 Å². The molecule has 2 heteroatoms. The number of rotatable bonds is 6. The lowest BCUT2D eigenvalue weighted by Gasteiger charge is -2.13. The van der Waals surface area contributed by atoms with E-state index in [0.29, 0.717) is 12.8 Å². The Labute approximate surface area is 96.6 Å². The van der Waals surface area contributed by atoms with Crippen molar-refractivity contribution in [1.82, 2.24) is 0 Å². The molecule has 0 fully saturated rings. The van der Waals surface area contributed by atoms with Crippen molar-refractivity contribution in [1.29, 1.82) is 0 Å². The molecule has 0 amide bonds. The molecule has 2 nitrogen and oxygen atoms in total. The largest absolute Gasteiger partial charge is 0.508 e. The Morgan fingerprint density at radius 3 is 2.75 bits per heavy atom. The third-order valence-corrected chi connectivity index (χ3v) is 2.60. The summed E-state index contributed by atoms with van der Waals surface area (Å²) in [6.07, 6.45) is 3.61. The highest BCUT2D eigenvalue weighted by molar-refractivity contribution is 5.79. The molecule has 0 spiro atoms. The summed E-state index contributed by atoms with van der Waals surface area (Å²) < 4.78 is 0. The molecule has 0 aliphatic rings. The van der Waals surface area contributed by atoms with Crippen LogP contribution in [0.1, 0.15) is 37.7 Å². The highest BCUT2D eigenvalue weighted by atomic mass is 16.3. The van der Waals surface area contributed by atoms with Crippen molar-refractivity contribution in [2.24, 2.45) is 0 Å². The molecule has 1 rings (SSSR count). The first-order valence-corrected chi connectivity index (χ1v) is 5.61. The zero-order chi connectivity index (χ0) is 12.0. The summed E-state index contributed by atoms with van der Waals surface area (Å²) in [5.74, 6) is 0.368. The van der Waals surface area contributed by atoms with E-state index in [-0.39, 0.29) is 17.5 Å². The average molecular weight is 218 g/mol. The molecule has 0 bridgehead atoms. The van der Waals surface area contributed by atoms with Crippen LogP contribution < -0.4 is 0 Å². The molecule has 0 heterocycles. The van der Waals surface area contributed by atoms with Gasteiger partial charge in [0.25, 0.3) is 0 Å². The number of allylic oxidation sites excluding steroid dienone is 1. The van der Waals surface area contributed by atoms with E-state index < -0.39 is 0 Å². The lowest BCUT2D eigenvalue weighted by molar-refractivity contribution is -0.119. The van der Waals surface area contributed by atoms with E-state index >= 15 is 0 Å². The van der Waals surface area contributed by atoms with Gasteiger partial charge in [0.2, 0.25) is 0 Å². The second-order valence-electron chi connectivity index (χ2n) is 3.89. The Hall–Kier alpha value is -1.57. The maximum atomic E-state index is 11.6. The fourth-order valence-electron chi connectivity index (χ4n) is 1.75. The van der Waals surface area contributed by atoms with E-state index in [9.17, 15) is 9.90 Å². The molecule has 86 valence electrons. The number of phenolic OH excluding ortho intramolecular Hbond substituents is 1. The SMILES string of the molecule is C=C[C@@H](CC(=O)CCC)c1ccccc1O. The van der Waals surface area contributed by atoms with Crippen molar-refractivity contribution in [3.8, 4) is 5.75 Å². The number of carbonyl (C=O) groups excluding carboxylic acids is 1. The molecule has 1 atom stereocenters. The summed E-state index contributed by atoms with van der Waals surface area (Å²) in [5.41, 5.74) is 0.780. The van der Waals surface area contributed by atoms with Crippen LogP contribution in [0.4, 0.5) is 0 Å². The number of carbonyl (C=O) groups is 1. The van der Waals surface area contributed by atoms with Gasteiger partial charge in [-0.15, -0.1) is 6.58 Å². The topological polar surface area (TPSA) is 37.3 Å². The van der Waals surface area contributed by atoms with Gasteiger partial charge in [0.1, 0.15) is 11.5 Å². The van der Waals surface area contributed by atoms with E-state index in [2.05, 4.69) is 6.58 Å². The van der Waals surface area contributed by atoms with Gasteiger partial charge in [-0.25, -0.2) is 0 Å². The molecule has 0 aromatic heterocycles. The Morgan fingerprint density at radius 1 is 1.50 bits per heavy atom. The van der Waals surface area contributed by atoms with Gasteiger partial charge >= 0.3 is 0 Å². The van der Waals surface area contributed by atoms with Gasteiger partial charge in [-0.05, 0) is 12.5 Å². The summed E-state index contributed by atoms with van der Waals surface area (Å²) in [5, 5.41) is 9.70. The van der Waals surface area contributed by atoms with Crippen molar-refractivity contribution in [2.45, 2.75) is 32.1 Å². The molecule has 0 aliphatic carbocycles. The lowest BCUT2D eigenvalue weighted by atomic mass is 9.92. The van der Waals surface area contributed by atoms with Gasteiger partial charge in [-0.3, -0.25) is 4.79 Å². The number of hydrogen-bond donors (Lipinski definition) is 1. The van der Waals surface area contributed by atoms with Crippen LogP contribution in [0.5, 0.6) is 5.75 Å². The zero-order valence-electron chi connectivity index (χ0n) is 9.65. The van der Waals surface area contributed by atoms with Gasteiger partial charge in [0.15, 0.2) is 0 Å². The van der Waals surface area contributed by atoms with Crippen LogP contribution in [0.3, 0.4) is 0 Å². The van der Waals surface area contributed by atoms with Crippen LogP contribution in [0.25, 0.3) is 0 Å². The number of para-hydroxylation sites is 1. The Morgan fingerprint density at radius 2 is 2.19 bits per heavy atom. The van der Waals surface area contributed by atoms with E-state index in [1.807, 2.05) is 19.1 Å². The minimum atomic E-state index is -0.0831. The van der Waals surface area contributed by atoms with Crippen molar-refractivity contribution in [3.05, 3.63) is 42.5 Å². The van der Waals surface area contributed by atoms with Crippen LogP contribution in [0.2, 0.25) is 0 Å². The van der Waals surface area contributed by atoms with Crippen molar-refractivity contribution in [2.75, 3.05) is 0 Å². The van der Waals surface area contributed by atoms with Crippen molar-refractivity contribution in [3.63, 3.8) is 0 Å². The van der Waals surface area contributed by atoms with E-state index in [1.165, 1.54) is 0 Å². The van der Waals surface area contributed by atoms with E-state index in [1.54, 1.807) is 18.2 Å². The van der Waals surface area contributed by atoms with Gasteiger partial charge in [0, 0.05) is 24.3 Å². The molecule has 1 N–H and O–H groups in total. The quantitative estimate of drug-likeness (QED) is 0.743. The third-order valence-electron chi connectivity index (χ3n) is 2.60. The monoisotopic (exact) mass is 218 g/mol. The van der Waals surface area contributed by atoms with Crippen LogP contribution >= 0.6 is 0 Å². The summed E-state index contributed by atoms with van der Waals surface area (Å²) in [7, 11) is 0. The molecule has 0 aliphatic heterocycles. The summed E-state index contributed by atoms with van der Waals surface area (Å²) in [6.45, 7) is 5.72. The van der Waals surface area contributed by atoms with Crippen LogP contribution in [-0.2, 0) is 4.79 Å². The molecule has 0 saturated carbocycles. The average Bonchev–Trinajstić information content (AvgIpc) is 2.27. The Bertz CT molecular complexity index is 369. The zero-order valence-corrected chi connectivity index (χ0v) is 9.65. The number of hydrogen-bond acceptors (Lipinski definition) is 2. The van der Waals surface area contributed by atoms with E-state index in [0.717, 1.165) is 12.0 Å². The first-order valence-electron chi connectivity index (χ1n) is 5.61. The Balaban J connectivity index is 2.79. The summed E-state index contributed by atoms with van der Waals surface area (Å²) in [6, 6.07) is 7.10. The highest BCUT2D eigenvalue weighted by Gasteiger charge is 2.14. The van der Waals surface area contributed by atoms with Crippen molar-refractivity contribution >= 4 is 5.78 Å². The Kier molecular flexibility index (Phi) is 4.77. The second kappa shape index (κ2) is 6.11. The molecule has 1 aromatic carbocycles. The van der Waals surface area contributed by atoms with Crippen LogP contribution in [0, 0.1) is 0 Å². The first kappa shape index (κ1) is 12.5. The number of benzene rings is 1. The number of phenols is 1. The van der Waals surface area contributed by atoms with E-state index in [4.69, 9.17) is 0 Å². The molecular weight excluding hydrogens is 200 g/mol. The van der Waals surface area contributed by atoms with Gasteiger partial charge < -0.3 is 5.11 Å². The first-order chi connectivity index (χ1) is 7.69. The fraction of sp³-hybridized carbons (Fsp3) is 0.357. The smallest absolute Gasteiger partial charge is 0.133 e. The van der Waals surface area contributed by atoms with Crippen LogP contribution in [0.15, 0.2) is 36.9 Å². The maximum Gasteiger partial charge on any atom is 0.133 e. The molecule has 0 saturated heterocycles. The van der Waals surface area contributed by atoms with Crippen LogP contribution in [-0.4, -0.2) is 10.9 Å². The molecule has 1 aromatic rings. The molecule has 16 heavy (non-hydrogen) atoms. The number of aromatic hydroxyl groups is 1. The summed E-state index contributed by atoms with van der Waals surface area (Å²) in [4.78, 5) is 11.6. The maximum absolute atomic E-state index is 11.6. The van der Waals surface area contributed by atoms with Gasteiger partial charge in [0.05, 0.1) is 0 Å². The minimum Gasteiger partial charge on any atom is -0.508 e. The second-order valence-corrected chi connectivity index (χ2v) is 3.89. The van der Waals surface area contributed by atoms with Gasteiger partial charge in [-0.2, -0.15) is 0 Å². The lowest BCUT2D eigenvalue weighted by Crippen LogP contribution is -2.05. The van der Waals surface area contributed by atoms with Gasteiger partial charge in [-0.1, -0.05) is 31.2 Å². The standard InChI is InChI=1S/C14H18O2/c1-3-7-12(15)10-11(4-2)13-8-5-6-9-14(13)16/h4-6,8-9,11,16H,2-3,7,10H2,1H3/t11-/m0/s1.